The first kappa shape index (κ1) is 15.0. The molecule has 0 aliphatic rings. The summed E-state index contributed by atoms with van der Waals surface area (Å²) in [5, 5.41) is 6.42. The van der Waals surface area contributed by atoms with E-state index in [1.165, 1.54) is 12.3 Å². The van der Waals surface area contributed by atoms with E-state index >= 15 is 0 Å². The molecule has 0 bridgehead atoms. The number of pyridine rings is 1. The van der Waals surface area contributed by atoms with Gasteiger partial charge in [-0.1, -0.05) is 18.2 Å². The summed E-state index contributed by atoms with van der Waals surface area (Å²) in [7, 11) is 0. The number of alkyl halides is 2. The number of anilines is 2. The van der Waals surface area contributed by atoms with Crippen molar-refractivity contribution in [1.82, 2.24) is 4.98 Å². The Bertz CT molecular complexity index is 520. The highest BCUT2D eigenvalue weighted by Crippen LogP contribution is 2.14. The highest BCUT2D eigenvalue weighted by atomic mass is 19.3. The van der Waals surface area contributed by atoms with Crippen molar-refractivity contribution in [2.75, 3.05) is 23.7 Å². The Balaban J connectivity index is 1.64. The van der Waals surface area contributed by atoms with Crippen molar-refractivity contribution in [3.8, 4) is 5.75 Å². The number of hydrogen-bond acceptors (Lipinski definition) is 4. The van der Waals surface area contributed by atoms with Crippen LogP contribution in [-0.2, 0) is 0 Å². The molecule has 0 spiro atoms. The average Bonchev–Trinajstić information content (AvgIpc) is 2.49. The van der Waals surface area contributed by atoms with Crippen molar-refractivity contribution in [1.29, 1.82) is 0 Å². The molecule has 0 unspecified atom stereocenters. The van der Waals surface area contributed by atoms with Gasteiger partial charge in [-0.15, -0.1) is 0 Å². The van der Waals surface area contributed by atoms with Gasteiger partial charge in [0.15, 0.2) is 0 Å². The van der Waals surface area contributed by atoms with Crippen LogP contribution in [0.4, 0.5) is 20.3 Å². The summed E-state index contributed by atoms with van der Waals surface area (Å²) in [6.07, 6.45) is 2.18. The SMILES string of the molecule is FC(F)Oc1ccc(NCCCNc2ccccc2)nc1. The van der Waals surface area contributed by atoms with E-state index in [2.05, 4.69) is 20.4 Å². The van der Waals surface area contributed by atoms with E-state index in [0.717, 1.165) is 25.2 Å². The Hall–Kier alpha value is -2.37. The van der Waals surface area contributed by atoms with E-state index in [1.54, 1.807) is 6.07 Å². The molecule has 0 radical (unpaired) electrons. The van der Waals surface area contributed by atoms with Gasteiger partial charge in [0, 0.05) is 18.8 Å². The fourth-order valence-electron chi connectivity index (χ4n) is 1.75. The number of rotatable bonds is 8. The molecule has 0 saturated carbocycles. The molecule has 6 heteroatoms. The molecule has 1 aromatic carbocycles. The van der Waals surface area contributed by atoms with Crippen LogP contribution in [0.5, 0.6) is 5.75 Å². The summed E-state index contributed by atoms with van der Waals surface area (Å²) < 4.78 is 28.2. The largest absolute Gasteiger partial charge is 0.433 e. The number of nitrogens with one attached hydrogen (secondary N) is 2. The molecule has 21 heavy (non-hydrogen) atoms. The number of benzene rings is 1. The summed E-state index contributed by atoms with van der Waals surface area (Å²) in [6, 6.07) is 13.0. The molecule has 2 aromatic rings. The summed E-state index contributed by atoms with van der Waals surface area (Å²) in [6.45, 7) is -1.25. The molecule has 0 amide bonds. The number of aromatic nitrogens is 1. The lowest BCUT2D eigenvalue weighted by Gasteiger charge is -2.08. The number of para-hydroxylation sites is 1. The lowest BCUT2D eigenvalue weighted by atomic mass is 10.3. The zero-order valence-electron chi connectivity index (χ0n) is 11.4. The van der Waals surface area contributed by atoms with Crippen LogP contribution in [0.15, 0.2) is 48.7 Å². The lowest BCUT2D eigenvalue weighted by molar-refractivity contribution is -0.0500. The summed E-state index contributed by atoms with van der Waals surface area (Å²) >= 11 is 0. The number of halogens is 2. The Kier molecular flexibility index (Phi) is 5.75. The van der Waals surface area contributed by atoms with E-state index in [9.17, 15) is 8.78 Å². The van der Waals surface area contributed by atoms with E-state index in [-0.39, 0.29) is 5.75 Å². The summed E-state index contributed by atoms with van der Waals surface area (Å²) in [4.78, 5) is 4.00. The number of ether oxygens (including phenoxy) is 1. The quantitative estimate of drug-likeness (QED) is 0.730. The van der Waals surface area contributed by atoms with Crippen LogP contribution >= 0.6 is 0 Å². The molecule has 2 rings (SSSR count). The third-order valence-electron chi connectivity index (χ3n) is 2.72. The molecule has 0 aliphatic heterocycles. The Morgan fingerprint density at radius 2 is 1.76 bits per heavy atom. The van der Waals surface area contributed by atoms with Crippen molar-refractivity contribution in [3.63, 3.8) is 0 Å². The van der Waals surface area contributed by atoms with Gasteiger partial charge in [0.2, 0.25) is 0 Å². The minimum absolute atomic E-state index is 0.0568. The fraction of sp³-hybridized carbons (Fsp3) is 0.267. The third kappa shape index (κ3) is 5.64. The average molecular weight is 293 g/mol. The maximum atomic E-state index is 12.0. The van der Waals surface area contributed by atoms with Gasteiger partial charge in [-0.05, 0) is 30.7 Å². The first-order valence-electron chi connectivity index (χ1n) is 6.68. The normalized spacial score (nSPS) is 10.4. The molecule has 1 aromatic heterocycles. The predicted octanol–water partition coefficient (Wildman–Crippen LogP) is 3.60. The van der Waals surface area contributed by atoms with Gasteiger partial charge in [-0.2, -0.15) is 8.78 Å². The van der Waals surface area contributed by atoms with Crippen LogP contribution in [0.3, 0.4) is 0 Å². The second kappa shape index (κ2) is 8.04. The topological polar surface area (TPSA) is 46.2 Å². The Labute approximate surface area is 122 Å². The van der Waals surface area contributed by atoms with Crippen LogP contribution < -0.4 is 15.4 Å². The van der Waals surface area contributed by atoms with Crippen LogP contribution in [0.1, 0.15) is 6.42 Å². The Morgan fingerprint density at radius 3 is 2.43 bits per heavy atom. The first-order valence-corrected chi connectivity index (χ1v) is 6.68. The second-order valence-electron chi connectivity index (χ2n) is 4.33. The van der Waals surface area contributed by atoms with Gasteiger partial charge >= 0.3 is 6.61 Å². The number of nitrogens with zero attached hydrogens (tertiary/aromatic N) is 1. The minimum atomic E-state index is -2.82. The second-order valence-corrected chi connectivity index (χ2v) is 4.33. The van der Waals surface area contributed by atoms with Gasteiger partial charge in [0.25, 0.3) is 0 Å². The summed E-state index contributed by atoms with van der Waals surface area (Å²) in [5.74, 6) is 0.692. The molecule has 0 atom stereocenters. The van der Waals surface area contributed by atoms with Gasteiger partial charge in [0.1, 0.15) is 11.6 Å². The molecule has 112 valence electrons. The van der Waals surface area contributed by atoms with Crippen LogP contribution in [0.25, 0.3) is 0 Å². The van der Waals surface area contributed by atoms with Gasteiger partial charge < -0.3 is 15.4 Å². The molecule has 4 nitrogen and oxygen atoms in total. The Morgan fingerprint density at radius 1 is 1.00 bits per heavy atom. The van der Waals surface area contributed by atoms with E-state index in [1.807, 2.05) is 30.3 Å². The molecular formula is C15H17F2N3O. The van der Waals surface area contributed by atoms with Crippen LogP contribution in [0, 0.1) is 0 Å². The van der Waals surface area contributed by atoms with E-state index in [4.69, 9.17) is 0 Å². The molecule has 0 fully saturated rings. The maximum Gasteiger partial charge on any atom is 0.387 e. The predicted molar refractivity (Wildman–Crippen MR) is 78.9 cm³/mol. The standard InChI is InChI=1S/C15H17F2N3O/c16-15(17)21-13-7-8-14(20-11-13)19-10-4-9-18-12-5-2-1-3-6-12/h1-3,5-8,11,15,18H,4,9-10H2,(H,19,20). The van der Waals surface area contributed by atoms with E-state index in [0.29, 0.717) is 5.82 Å². The highest BCUT2D eigenvalue weighted by molar-refractivity contribution is 5.42. The van der Waals surface area contributed by atoms with Crippen LogP contribution in [-0.4, -0.2) is 24.7 Å². The molecule has 0 saturated heterocycles. The van der Waals surface area contributed by atoms with Crippen molar-refractivity contribution in [2.24, 2.45) is 0 Å². The molecule has 2 N–H and O–H groups in total. The molecular weight excluding hydrogens is 276 g/mol. The van der Waals surface area contributed by atoms with Crippen molar-refractivity contribution in [2.45, 2.75) is 13.0 Å². The summed E-state index contributed by atoms with van der Waals surface area (Å²) in [5.41, 5.74) is 1.09. The van der Waals surface area contributed by atoms with Crippen molar-refractivity contribution < 1.29 is 13.5 Å². The van der Waals surface area contributed by atoms with Gasteiger partial charge in [-0.25, -0.2) is 4.98 Å². The monoisotopic (exact) mass is 293 g/mol. The lowest BCUT2D eigenvalue weighted by Crippen LogP contribution is -2.10. The smallest absolute Gasteiger partial charge is 0.387 e. The van der Waals surface area contributed by atoms with Gasteiger partial charge in [0.05, 0.1) is 6.20 Å². The zero-order valence-corrected chi connectivity index (χ0v) is 11.4. The van der Waals surface area contributed by atoms with Crippen molar-refractivity contribution >= 4 is 11.5 Å². The third-order valence-corrected chi connectivity index (χ3v) is 2.72. The number of hydrogen-bond donors (Lipinski definition) is 2. The molecule has 1 heterocycles. The van der Waals surface area contributed by atoms with Gasteiger partial charge in [-0.3, -0.25) is 0 Å². The molecule has 0 aliphatic carbocycles. The highest BCUT2D eigenvalue weighted by Gasteiger charge is 2.04. The fourth-order valence-corrected chi connectivity index (χ4v) is 1.75. The minimum Gasteiger partial charge on any atom is -0.433 e. The van der Waals surface area contributed by atoms with Crippen molar-refractivity contribution in [3.05, 3.63) is 48.7 Å². The van der Waals surface area contributed by atoms with Crippen LogP contribution in [0.2, 0.25) is 0 Å². The maximum absolute atomic E-state index is 12.0. The van der Waals surface area contributed by atoms with E-state index < -0.39 is 6.61 Å². The first-order chi connectivity index (χ1) is 10.2. The zero-order chi connectivity index (χ0) is 14.9.